The van der Waals surface area contributed by atoms with Crippen LogP contribution in [0.1, 0.15) is 22.0 Å². The predicted molar refractivity (Wildman–Crippen MR) is 71.0 cm³/mol. The molecule has 0 saturated heterocycles. The van der Waals surface area contributed by atoms with Gasteiger partial charge >= 0.3 is 6.48 Å². The minimum Gasteiger partial charge on any atom is -0.442 e. The number of hydrogen-bond acceptors (Lipinski definition) is 5. The van der Waals surface area contributed by atoms with Gasteiger partial charge in [0, 0.05) is 5.56 Å². The van der Waals surface area contributed by atoms with Crippen LogP contribution in [-0.4, -0.2) is 27.6 Å². The second-order valence-electron chi connectivity index (χ2n) is 4.15. The van der Waals surface area contributed by atoms with Gasteiger partial charge in [-0.05, 0) is 29.8 Å². The fourth-order valence-corrected chi connectivity index (χ4v) is 1.76. The molecule has 1 unspecified atom stereocenters. The average molecular weight is 274 g/mol. The molecule has 3 N–H and O–H groups in total. The van der Waals surface area contributed by atoms with Crippen molar-refractivity contribution in [3.63, 3.8) is 0 Å². The van der Waals surface area contributed by atoms with Crippen LogP contribution >= 0.6 is 0 Å². The van der Waals surface area contributed by atoms with Crippen molar-refractivity contribution in [2.75, 3.05) is 0 Å². The van der Waals surface area contributed by atoms with Crippen LogP contribution in [0.25, 0.3) is 0 Å². The predicted octanol–water partition coefficient (Wildman–Crippen LogP) is 1.25. The molecule has 5 heteroatoms. The lowest BCUT2D eigenvalue weighted by Crippen LogP contribution is -2.14. The van der Waals surface area contributed by atoms with Crippen LogP contribution in [0.15, 0.2) is 54.6 Å². The summed E-state index contributed by atoms with van der Waals surface area (Å²) in [6.07, 6.45) is -1.23. The van der Waals surface area contributed by atoms with Gasteiger partial charge in [-0.25, -0.2) is 0 Å². The summed E-state index contributed by atoms with van der Waals surface area (Å²) in [5.41, 5.74) is 0.824. The maximum Gasteiger partial charge on any atom is 0.310 e. The van der Waals surface area contributed by atoms with Gasteiger partial charge in [-0.15, -0.1) is 0 Å². The number of aliphatic hydroxyl groups excluding tert-OH is 2. The van der Waals surface area contributed by atoms with Gasteiger partial charge < -0.3 is 20.1 Å². The zero-order chi connectivity index (χ0) is 14.5. The van der Waals surface area contributed by atoms with Crippen LogP contribution in [0.3, 0.4) is 0 Å². The first kappa shape index (κ1) is 14.2. The number of aliphatic hydroxyl groups is 3. The van der Waals surface area contributed by atoms with E-state index in [2.05, 4.69) is 4.74 Å². The third-order valence-corrected chi connectivity index (χ3v) is 2.74. The van der Waals surface area contributed by atoms with Crippen molar-refractivity contribution in [1.82, 2.24) is 0 Å². The quantitative estimate of drug-likeness (QED) is 0.564. The summed E-state index contributed by atoms with van der Waals surface area (Å²) in [6, 6.07) is 14.4. The van der Waals surface area contributed by atoms with Gasteiger partial charge in [-0.2, -0.15) is 0 Å². The fraction of sp³-hybridized carbons (Fsp3) is 0.133. The van der Waals surface area contributed by atoms with Crippen LogP contribution < -0.4 is 4.74 Å². The van der Waals surface area contributed by atoms with E-state index in [1.54, 1.807) is 30.3 Å². The van der Waals surface area contributed by atoms with Crippen molar-refractivity contribution in [1.29, 1.82) is 0 Å². The molecule has 0 spiro atoms. The number of benzene rings is 2. The van der Waals surface area contributed by atoms with E-state index < -0.39 is 18.4 Å². The van der Waals surface area contributed by atoms with E-state index in [1.165, 1.54) is 24.3 Å². The third kappa shape index (κ3) is 3.42. The summed E-state index contributed by atoms with van der Waals surface area (Å²) >= 11 is 0. The van der Waals surface area contributed by atoms with Crippen molar-refractivity contribution >= 4 is 5.78 Å². The molecule has 0 aromatic heterocycles. The molecular formula is C15H14O5. The van der Waals surface area contributed by atoms with Gasteiger partial charge in [0.15, 0.2) is 5.78 Å². The molecule has 0 bridgehead atoms. The summed E-state index contributed by atoms with van der Waals surface area (Å²) in [5.74, 6) is -0.224. The lowest BCUT2D eigenvalue weighted by atomic mass is 10.00. The first-order valence-electron chi connectivity index (χ1n) is 5.98. The molecule has 0 aliphatic heterocycles. The Hall–Kier alpha value is -2.21. The van der Waals surface area contributed by atoms with Gasteiger partial charge in [0.05, 0.1) is 0 Å². The summed E-state index contributed by atoms with van der Waals surface area (Å²) in [5, 5.41) is 27.3. The van der Waals surface area contributed by atoms with E-state index in [9.17, 15) is 9.90 Å². The molecule has 0 amide bonds. The molecule has 0 radical (unpaired) electrons. The standard InChI is InChI=1S/C15H14O5/c16-13(10-4-2-1-3-5-10)14(17)11-6-8-12(9-7-11)20-15(18)19/h1-9,13,15-16,18-19H. The van der Waals surface area contributed by atoms with E-state index in [4.69, 9.17) is 10.2 Å². The molecule has 2 aromatic carbocycles. The molecule has 2 aromatic rings. The molecule has 20 heavy (non-hydrogen) atoms. The normalized spacial score (nSPS) is 12.2. The molecule has 0 aliphatic rings. The molecule has 0 aliphatic carbocycles. The van der Waals surface area contributed by atoms with Crippen LogP contribution in [0.2, 0.25) is 0 Å². The Morgan fingerprint density at radius 1 is 0.900 bits per heavy atom. The number of Topliss-reactive ketones (excluding diaryl/α,β-unsaturated/α-hetero) is 1. The molecule has 0 saturated carbocycles. The van der Waals surface area contributed by atoms with Gasteiger partial charge in [0.1, 0.15) is 11.9 Å². The fourth-order valence-electron chi connectivity index (χ4n) is 1.76. The van der Waals surface area contributed by atoms with Crippen LogP contribution in [0, 0.1) is 0 Å². The summed E-state index contributed by atoms with van der Waals surface area (Å²) in [6.45, 7) is -1.91. The van der Waals surface area contributed by atoms with E-state index in [0.29, 0.717) is 11.1 Å². The van der Waals surface area contributed by atoms with Gasteiger partial charge in [-0.1, -0.05) is 30.3 Å². The zero-order valence-electron chi connectivity index (χ0n) is 10.5. The highest BCUT2D eigenvalue weighted by atomic mass is 16.7. The van der Waals surface area contributed by atoms with Gasteiger partial charge in [0.25, 0.3) is 0 Å². The average Bonchev–Trinajstić information content (AvgIpc) is 2.47. The first-order chi connectivity index (χ1) is 9.58. The number of ether oxygens (including phenoxy) is 1. The lowest BCUT2D eigenvalue weighted by molar-refractivity contribution is -0.179. The molecule has 0 heterocycles. The Labute approximate surface area is 115 Å². The zero-order valence-corrected chi connectivity index (χ0v) is 10.5. The van der Waals surface area contributed by atoms with E-state index in [1.807, 2.05) is 0 Å². The highest BCUT2D eigenvalue weighted by Crippen LogP contribution is 2.20. The van der Waals surface area contributed by atoms with Crippen molar-refractivity contribution < 1.29 is 24.9 Å². The monoisotopic (exact) mass is 274 g/mol. The van der Waals surface area contributed by atoms with Crippen molar-refractivity contribution in [3.8, 4) is 5.75 Å². The second-order valence-corrected chi connectivity index (χ2v) is 4.15. The SMILES string of the molecule is O=C(c1ccc(OC(O)O)cc1)C(O)c1ccccc1. The number of hydrogen-bond donors (Lipinski definition) is 3. The Morgan fingerprint density at radius 2 is 1.50 bits per heavy atom. The molecule has 104 valence electrons. The Balaban J connectivity index is 2.13. The maximum atomic E-state index is 12.1. The number of rotatable bonds is 5. The topological polar surface area (TPSA) is 87.0 Å². The summed E-state index contributed by atoms with van der Waals surface area (Å²) in [7, 11) is 0. The molecule has 1 atom stereocenters. The number of carbonyl (C=O) groups excluding carboxylic acids is 1. The molecular weight excluding hydrogens is 260 g/mol. The van der Waals surface area contributed by atoms with Crippen LogP contribution in [0.5, 0.6) is 5.75 Å². The third-order valence-electron chi connectivity index (χ3n) is 2.74. The molecule has 2 rings (SSSR count). The highest BCUT2D eigenvalue weighted by Gasteiger charge is 2.18. The minimum atomic E-state index is -1.91. The molecule has 0 fully saturated rings. The molecule has 5 nitrogen and oxygen atoms in total. The Kier molecular flexibility index (Phi) is 4.47. The van der Waals surface area contributed by atoms with Crippen molar-refractivity contribution in [2.45, 2.75) is 12.6 Å². The summed E-state index contributed by atoms with van der Waals surface area (Å²) < 4.78 is 4.63. The van der Waals surface area contributed by atoms with Gasteiger partial charge in [-0.3, -0.25) is 4.79 Å². The smallest absolute Gasteiger partial charge is 0.310 e. The second kappa shape index (κ2) is 6.29. The largest absolute Gasteiger partial charge is 0.442 e. The minimum absolute atomic E-state index is 0.214. The van der Waals surface area contributed by atoms with Crippen LogP contribution in [0.4, 0.5) is 0 Å². The Morgan fingerprint density at radius 3 is 2.05 bits per heavy atom. The van der Waals surface area contributed by atoms with Gasteiger partial charge in [0.2, 0.25) is 0 Å². The van der Waals surface area contributed by atoms with E-state index in [0.717, 1.165) is 0 Å². The number of ketones is 1. The maximum absolute atomic E-state index is 12.1. The first-order valence-corrected chi connectivity index (χ1v) is 5.98. The van der Waals surface area contributed by atoms with Crippen LogP contribution in [-0.2, 0) is 0 Å². The van der Waals surface area contributed by atoms with E-state index >= 15 is 0 Å². The highest BCUT2D eigenvalue weighted by molar-refractivity contribution is 5.99. The lowest BCUT2D eigenvalue weighted by Gasteiger charge is -2.11. The van der Waals surface area contributed by atoms with Crippen molar-refractivity contribution in [3.05, 3.63) is 65.7 Å². The van der Waals surface area contributed by atoms with E-state index in [-0.39, 0.29) is 5.75 Å². The number of carbonyl (C=O) groups is 1. The van der Waals surface area contributed by atoms with Crippen molar-refractivity contribution in [2.24, 2.45) is 0 Å². The summed E-state index contributed by atoms with van der Waals surface area (Å²) in [4.78, 5) is 12.1. The Bertz CT molecular complexity index is 563.